The maximum atomic E-state index is 3.52. The van der Waals surface area contributed by atoms with Crippen molar-refractivity contribution in [2.24, 2.45) is 0 Å². The normalized spacial score (nSPS) is 11.6. The molecule has 1 N–H and O–H groups in total. The molecular formula is C28H41N. The maximum absolute atomic E-state index is 3.52. The number of hydrogen-bond donors (Lipinski definition) is 1. The highest BCUT2D eigenvalue weighted by Crippen LogP contribution is 2.26. The Bertz CT molecular complexity index is 829. The first-order valence-electron chi connectivity index (χ1n) is 12.4. The van der Waals surface area contributed by atoms with E-state index < -0.39 is 0 Å². The summed E-state index contributed by atoms with van der Waals surface area (Å²) in [6.45, 7) is 2.30. The fourth-order valence-corrected chi connectivity index (χ4v) is 4.57. The van der Waals surface area contributed by atoms with Gasteiger partial charge in [0.2, 0.25) is 0 Å². The molecule has 29 heavy (non-hydrogen) atoms. The minimum absolute atomic E-state index is 1.22. The molecule has 0 saturated heterocycles. The molecule has 158 valence electrons. The van der Waals surface area contributed by atoms with Crippen molar-refractivity contribution in [2.45, 2.75) is 103 Å². The van der Waals surface area contributed by atoms with Crippen LogP contribution in [0.4, 0.5) is 0 Å². The molecule has 1 heteroatoms. The van der Waals surface area contributed by atoms with Crippen LogP contribution in [-0.4, -0.2) is 4.98 Å². The Hall–Kier alpha value is -1.76. The lowest BCUT2D eigenvalue weighted by Gasteiger charge is -2.04. The van der Waals surface area contributed by atoms with Crippen LogP contribution in [0, 0.1) is 0 Å². The van der Waals surface area contributed by atoms with Gasteiger partial charge >= 0.3 is 0 Å². The minimum atomic E-state index is 1.22. The molecule has 0 radical (unpaired) electrons. The topological polar surface area (TPSA) is 15.8 Å². The number of aromatic nitrogens is 1. The summed E-state index contributed by atoms with van der Waals surface area (Å²) < 4.78 is 0. The van der Waals surface area contributed by atoms with Gasteiger partial charge in [-0.1, -0.05) is 115 Å². The third kappa shape index (κ3) is 7.21. The maximum Gasteiger partial charge on any atom is 0.0465 e. The smallest absolute Gasteiger partial charge is 0.0465 e. The van der Waals surface area contributed by atoms with Gasteiger partial charge in [-0.05, 0) is 36.6 Å². The van der Waals surface area contributed by atoms with Crippen LogP contribution < -0.4 is 0 Å². The zero-order valence-electron chi connectivity index (χ0n) is 18.6. The fourth-order valence-electron chi connectivity index (χ4n) is 4.57. The standard InChI is InChI=1S/C28H41N/c1-2-3-4-5-6-7-8-9-10-11-12-13-14-15-18-24-21-22-28-26(23-24)25-19-16-17-20-27(25)29-28/h16-17,19-23,29H,2-15,18H2,1H3. The Balaban J connectivity index is 1.23. The summed E-state index contributed by atoms with van der Waals surface area (Å²) >= 11 is 0. The molecule has 3 aromatic rings. The highest BCUT2D eigenvalue weighted by atomic mass is 14.7. The molecule has 1 aromatic heterocycles. The number of nitrogens with one attached hydrogen (secondary N) is 1. The van der Waals surface area contributed by atoms with E-state index in [9.17, 15) is 0 Å². The summed E-state index contributed by atoms with van der Waals surface area (Å²) in [5, 5.41) is 2.73. The van der Waals surface area contributed by atoms with Crippen molar-refractivity contribution in [2.75, 3.05) is 0 Å². The molecule has 0 unspecified atom stereocenters. The second-order valence-electron chi connectivity index (χ2n) is 8.90. The van der Waals surface area contributed by atoms with E-state index in [0.717, 1.165) is 0 Å². The van der Waals surface area contributed by atoms with Gasteiger partial charge in [-0.2, -0.15) is 0 Å². The first kappa shape index (κ1) is 21.9. The van der Waals surface area contributed by atoms with Gasteiger partial charge in [0.05, 0.1) is 0 Å². The van der Waals surface area contributed by atoms with Crippen LogP contribution in [-0.2, 0) is 6.42 Å². The second kappa shape index (κ2) is 12.7. The first-order valence-corrected chi connectivity index (χ1v) is 12.4. The molecule has 0 saturated carbocycles. The Kier molecular flexibility index (Phi) is 9.63. The van der Waals surface area contributed by atoms with Crippen molar-refractivity contribution >= 4 is 21.8 Å². The van der Waals surface area contributed by atoms with Gasteiger partial charge in [0.25, 0.3) is 0 Å². The van der Waals surface area contributed by atoms with Gasteiger partial charge in [-0.3, -0.25) is 0 Å². The summed E-state index contributed by atoms with van der Waals surface area (Å²) in [7, 11) is 0. The number of benzene rings is 2. The summed E-state index contributed by atoms with van der Waals surface area (Å²) in [6.07, 6.45) is 21.2. The summed E-state index contributed by atoms with van der Waals surface area (Å²) in [6, 6.07) is 15.6. The van der Waals surface area contributed by atoms with Crippen molar-refractivity contribution in [3.63, 3.8) is 0 Å². The Labute approximate surface area is 178 Å². The highest BCUT2D eigenvalue weighted by molar-refractivity contribution is 6.07. The van der Waals surface area contributed by atoms with Crippen LogP contribution in [0.3, 0.4) is 0 Å². The molecule has 0 aliphatic rings. The number of aromatic amines is 1. The number of hydrogen-bond acceptors (Lipinski definition) is 0. The highest BCUT2D eigenvalue weighted by Gasteiger charge is 2.04. The zero-order chi connectivity index (χ0) is 20.2. The first-order chi connectivity index (χ1) is 14.4. The SMILES string of the molecule is CCCCCCCCCCCCCCCCc1ccc2[nH]c3ccccc3c2c1. The molecule has 3 rings (SSSR count). The van der Waals surface area contributed by atoms with Crippen LogP contribution in [0.5, 0.6) is 0 Å². The second-order valence-corrected chi connectivity index (χ2v) is 8.90. The third-order valence-corrected chi connectivity index (χ3v) is 6.39. The summed E-state index contributed by atoms with van der Waals surface area (Å²) in [4.78, 5) is 3.52. The molecule has 0 aliphatic heterocycles. The van der Waals surface area contributed by atoms with Crippen molar-refractivity contribution < 1.29 is 0 Å². The monoisotopic (exact) mass is 391 g/mol. The fraction of sp³-hybridized carbons (Fsp3) is 0.571. The lowest BCUT2D eigenvalue weighted by molar-refractivity contribution is 0.535. The average molecular weight is 392 g/mol. The summed E-state index contributed by atoms with van der Waals surface area (Å²) in [5.74, 6) is 0. The van der Waals surface area contributed by atoms with Crippen molar-refractivity contribution in [3.05, 3.63) is 48.0 Å². The average Bonchev–Trinajstić information content (AvgIpc) is 3.12. The minimum Gasteiger partial charge on any atom is -0.355 e. The molecule has 0 atom stereocenters. The van der Waals surface area contributed by atoms with Crippen LogP contribution in [0.15, 0.2) is 42.5 Å². The van der Waals surface area contributed by atoms with Gasteiger partial charge in [-0.25, -0.2) is 0 Å². The Morgan fingerprint density at radius 1 is 0.552 bits per heavy atom. The van der Waals surface area contributed by atoms with E-state index in [0.29, 0.717) is 0 Å². The molecule has 0 fully saturated rings. The van der Waals surface area contributed by atoms with Crippen LogP contribution in [0.2, 0.25) is 0 Å². The molecule has 0 aliphatic carbocycles. The molecule has 1 nitrogen and oxygen atoms in total. The van der Waals surface area contributed by atoms with E-state index in [4.69, 9.17) is 0 Å². The van der Waals surface area contributed by atoms with Gasteiger partial charge < -0.3 is 4.98 Å². The molecule has 0 bridgehead atoms. The Morgan fingerprint density at radius 2 is 1.10 bits per heavy atom. The number of para-hydroxylation sites is 1. The predicted octanol–water partition coefficient (Wildman–Crippen LogP) is 9.34. The quantitative estimate of drug-likeness (QED) is 0.248. The van der Waals surface area contributed by atoms with Crippen molar-refractivity contribution in [3.8, 4) is 0 Å². The summed E-state index contributed by atoms with van der Waals surface area (Å²) in [5.41, 5.74) is 3.99. The lowest BCUT2D eigenvalue weighted by Crippen LogP contribution is -1.87. The van der Waals surface area contributed by atoms with E-state index in [1.165, 1.54) is 124 Å². The van der Waals surface area contributed by atoms with Crippen molar-refractivity contribution in [1.29, 1.82) is 0 Å². The van der Waals surface area contributed by atoms with E-state index in [1.807, 2.05) is 0 Å². The van der Waals surface area contributed by atoms with Crippen LogP contribution in [0.25, 0.3) is 21.8 Å². The molecular weight excluding hydrogens is 350 g/mol. The zero-order valence-corrected chi connectivity index (χ0v) is 18.6. The molecule has 2 aromatic carbocycles. The Morgan fingerprint density at radius 3 is 1.76 bits per heavy atom. The third-order valence-electron chi connectivity index (χ3n) is 6.39. The molecule has 1 heterocycles. The number of aryl methyl sites for hydroxylation is 1. The van der Waals surface area contributed by atoms with E-state index in [1.54, 1.807) is 0 Å². The van der Waals surface area contributed by atoms with E-state index in [2.05, 4.69) is 54.4 Å². The lowest BCUT2D eigenvalue weighted by atomic mass is 10.0. The van der Waals surface area contributed by atoms with Gasteiger partial charge in [0.15, 0.2) is 0 Å². The number of H-pyrrole nitrogens is 1. The predicted molar refractivity (Wildman–Crippen MR) is 130 cm³/mol. The molecule has 0 amide bonds. The van der Waals surface area contributed by atoms with Gasteiger partial charge in [0.1, 0.15) is 0 Å². The molecule has 0 spiro atoms. The number of unbranched alkanes of at least 4 members (excludes halogenated alkanes) is 13. The largest absolute Gasteiger partial charge is 0.355 e. The van der Waals surface area contributed by atoms with Crippen LogP contribution >= 0.6 is 0 Å². The van der Waals surface area contributed by atoms with E-state index >= 15 is 0 Å². The number of fused-ring (bicyclic) bond motifs is 3. The van der Waals surface area contributed by atoms with Crippen molar-refractivity contribution in [1.82, 2.24) is 4.98 Å². The van der Waals surface area contributed by atoms with E-state index in [-0.39, 0.29) is 0 Å². The van der Waals surface area contributed by atoms with Crippen LogP contribution in [0.1, 0.15) is 102 Å². The van der Waals surface area contributed by atoms with Gasteiger partial charge in [0, 0.05) is 21.8 Å². The van der Waals surface area contributed by atoms with Gasteiger partial charge in [-0.15, -0.1) is 0 Å². The number of rotatable bonds is 15.